The summed E-state index contributed by atoms with van der Waals surface area (Å²) in [7, 11) is 0. The van der Waals surface area contributed by atoms with Crippen LogP contribution >= 0.6 is 0 Å². The van der Waals surface area contributed by atoms with Gasteiger partial charge in [-0.3, -0.25) is 9.36 Å². The Morgan fingerprint density at radius 3 is 2.73 bits per heavy atom. The molecular weight excluding hydrogens is 192 g/mol. The van der Waals surface area contributed by atoms with Gasteiger partial charge in [0.1, 0.15) is 5.82 Å². The third-order valence-corrected chi connectivity index (χ3v) is 2.30. The highest BCUT2D eigenvalue weighted by Gasteiger charge is 1.98. The van der Waals surface area contributed by atoms with Gasteiger partial charge in [-0.1, -0.05) is 0 Å². The molecule has 0 aliphatic rings. The van der Waals surface area contributed by atoms with Crippen molar-refractivity contribution in [3.8, 4) is 0 Å². The Kier molecular flexibility index (Phi) is 2.62. The van der Waals surface area contributed by atoms with Crippen LogP contribution in [0, 0.1) is 6.92 Å². The van der Waals surface area contributed by atoms with Crippen LogP contribution in [-0.4, -0.2) is 19.1 Å². The third kappa shape index (κ3) is 2.12. The monoisotopic (exact) mass is 204 g/mol. The number of aryl methyl sites for hydroxylation is 3. The lowest BCUT2D eigenvalue weighted by molar-refractivity contribution is 0.549. The molecule has 0 saturated heterocycles. The van der Waals surface area contributed by atoms with Crippen molar-refractivity contribution in [3.05, 3.63) is 47.2 Å². The molecular formula is C10H12N4O. The number of hydrogen-bond donors (Lipinski definition) is 0. The Balaban J connectivity index is 2.09. The van der Waals surface area contributed by atoms with E-state index in [2.05, 4.69) is 9.97 Å². The second kappa shape index (κ2) is 4.08. The van der Waals surface area contributed by atoms with E-state index in [1.165, 1.54) is 12.3 Å². The Morgan fingerprint density at radius 1 is 1.27 bits per heavy atom. The number of rotatable bonds is 3. The van der Waals surface area contributed by atoms with Gasteiger partial charge < -0.3 is 4.57 Å². The van der Waals surface area contributed by atoms with Gasteiger partial charge in [0.25, 0.3) is 5.56 Å². The Morgan fingerprint density at radius 2 is 2.07 bits per heavy atom. The fourth-order valence-corrected chi connectivity index (χ4v) is 1.40. The molecule has 0 atom stereocenters. The van der Waals surface area contributed by atoms with Crippen LogP contribution in [-0.2, 0) is 13.1 Å². The molecule has 15 heavy (non-hydrogen) atoms. The Hall–Kier alpha value is -1.91. The van der Waals surface area contributed by atoms with E-state index in [0.29, 0.717) is 6.54 Å². The lowest BCUT2D eigenvalue weighted by atomic mass is 10.5. The minimum absolute atomic E-state index is 0.0252. The molecule has 0 unspecified atom stereocenters. The van der Waals surface area contributed by atoms with Crippen LogP contribution in [0.3, 0.4) is 0 Å². The fraction of sp³-hybridized carbons (Fsp3) is 0.300. The summed E-state index contributed by atoms with van der Waals surface area (Å²) in [4.78, 5) is 19.4. The van der Waals surface area contributed by atoms with Gasteiger partial charge in [0.15, 0.2) is 0 Å². The maximum atomic E-state index is 11.4. The molecule has 0 aliphatic carbocycles. The first-order valence-electron chi connectivity index (χ1n) is 4.75. The highest BCUT2D eigenvalue weighted by atomic mass is 16.1. The van der Waals surface area contributed by atoms with Crippen molar-refractivity contribution in [1.29, 1.82) is 0 Å². The van der Waals surface area contributed by atoms with Crippen molar-refractivity contribution in [1.82, 2.24) is 19.1 Å². The number of nitrogens with zero attached hydrogens (tertiary/aromatic N) is 4. The number of aromatic nitrogens is 4. The molecule has 0 fully saturated rings. The smallest absolute Gasteiger partial charge is 0.253 e. The number of imidazole rings is 1. The van der Waals surface area contributed by atoms with Crippen molar-refractivity contribution < 1.29 is 0 Å². The normalized spacial score (nSPS) is 10.5. The lowest BCUT2D eigenvalue weighted by Gasteiger charge is -2.06. The van der Waals surface area contributed by atoms with Gasteiger partial charge in [-0.25, -0.2) is 9.97 Å². The van der Waals surface area contributed by atoms with Crippen LogP contribution in [0.1, 0.15) is 5.82 Å². The van der Waals surface area contributed by atoms with E-state index >= 15 is 0 Å². The quantitative estimate of drug-likeness (QED) is 0.729. The first-order chi connectivity index (χ1) is 7.27. The maximum absolute atomic E-state index is 11.4. The summed E-state index contributed by atoms with van der Waals surface area (Å²) >= 11 is 0. The van der Waals surface area contributed by atoms with E-state index in [0.717, 1.165) is 12.4 Å². The molecule has 0 saturated carbocycles. The summed E-state index contributed by atoms with van der Waals surface area (Å²) in [6.07, 6.45) is 6.70. The van der Waals surface area contributed by atoms with Gasteiger partial charge in [0, 0.05) is 37.7 Å². The van der Waals surface area contributed by atoms with Gasteiger partial charge in [0.05, 0.1) is 6.33 Å². The molecule has 0 amide bonds. The van der Waals surface area contributed by atoms with E-state index in [1.54, 1.807) is 17.1 Å². The molecule has 0 radical (unpaired) electrons. The van der Waals surface area contributed by atoms with Crippen molar-refractivity contribution in [2.24, 2.45) is 0 Å². The first-order valence-corrected chi connectivity index (χ1v) is 4.75. The zero-order valence-corrected chi connectivity index (χ0v) is 8.50. The lowest BCUT2D eigenvalue weighted by Crippen LogP contribution is -2.21. The van der Waals surface area contributed by atoms with Gasteiger partial charge in [-0.15, -0.1) is 0 Å². The van der Waals surface area contributed by atoms with Crippen LogP contribution in [0.2, 0.25) is 0 Å². The van der Waals surface area contributed by atoms with Gasteiger partial charge in [0.2, 0.25) is 0 Å². The van der Waals surface area contributed by atoms with Crippen LogP contribution in [0.4, 0.5) is 0 Å². The maximum Gasteiger partial charge on any atom is 0.253 e. The van der Waals surface area contributed by atoms with Crippen molar-refractivity contribution >= 4 is 0 Å². The molecule has 0 bridgehead atoms. The fourth-order valence-electron chi connectivity index (χ4n) is 1.40. The summed E-state index contributed by atoms with van der Waals surface area (Å²) in [5.74, 6) is 0.951. The average Bonchev–Trinajstić information content (AvgIpc) is 2.63. The van der Waals surface area contributed by atoms with E-state index in [4.69, 9.17) is 0 Å². The second-order valence-electron chi connectivity index (χ2n) is 3.28. The predicted molar refractivity (Wildman–Crippen MR) is 55.5 cm³/mol. The van der Waals surface area contributed by atoms with Crippen LogP contribution in [0.5, 0.6) is 0 Å². The van der Waals surface area contributed by atoms with E-state index < -0.39 is 0 Å². The molecule has 0 aliphatic heterocycles. The zero-order valence-electron chi connectivity index (χ0n) is 8.50. The molecule has 2 heterocycles. The predicted octanol–water partition coefficient (Wildman–Crippen LogP) is 0.448. The van der Waals surface area contributed by atoms with Crippen LogP contribution < -0.4 is 5.56 Å². The first kappa shape index (κ1) is 9.64. The summed E-state index contributed by atoms with van der Waals surface area (Å²) in [6.45, 7) is 3.29. The van der Waals surface area contributed by atoms with Crippen molar-refractivity contribution in [2.45, 2.75) is 20.0 Å². The minimum Gasteiger partial charge on any atom is -0.333 e. The Bertz CT molecular complexity index is 500. The second-order valence-corrected chi connectivity index (χ2v) is 3.28. The van der Waals surface area contributed by atoms with E-state index in [9.17, 15) is 4.79 Å². The molecule has 0 aromatic carbocycles. The van der Waals surface area contributed by atoms with Gasteiger partial charge >= 0.3 is 0 Å². The molecule has 78 valence electrons. The van der Waals surface area contributed by atoms with Gasteiger partial charge in [-0.2, -0.15) is 0 Å². The topological polar surface area (TPSA) is 52.7 Å². The average molecular weight is 204 g/mol. The largest absolute Gasteiger partial charge is 0.333 e. The van der Waals surface area contributed by atoms with Crippen LogP contribution in [0.25, 0.3) is 0 Å². The molecule has 0 N–H and O–H groups in total. The van der Waals surface area contributed by atoms with Crippen LogP contribution in [0.15, 0.2) is 35.8 Å². The highest BCUT2D eigenvalue weighted by molar-refractivity contribution is 4.88. The van der Waals surface area contributed by atoms with E-state index in [1.807, 2.05) is 17.7 Å². The Labute approximate surface area is 87.0 Å². The van der Waals surface area contributed by atoms with Crippen molar-refractivity contribution in [3.63, 3.8) is 0 Å². The number of hydrogen-bond acceptors (Lipinski definition) is 3. The summed E-state index contributed by atoms with van der Waals surface area (Å²) in [5.41, 5.74) is -0.0252. The minimum atomic E-state index is -0.0252. The third-order valence-electron chi connectivity index (χ3n) is 2.30. The summed E-state index contributed by atoms with van der Waals surface area (Å²) in [6, 6.07) is 1.46. The van der Waals surface area contributed by atoms with Crippen molar-refractivity contribution in [2.75, 3.05) is 0 Å². The summed E-state index contributed by atoms with van der Waals surface area (Å²) in [5, 5.41) is 0. The SMILES string of the molecule is Cc1nccn1CCn1cnccc1=O. The molecule has 5 heteroatoms. The molecule has 2 aromatic rings. The van der Waals surface area contributed by atoms with E-state index in [-0.39, 0.29) is 5.56 Å². The van der Waals surface area contributed by atoms with Gasteiger partial charge in [-0.05, 0) is 6.92 Å². The standard InChI is InChI=1S/C10H12N4O/c1-9-12-4-5-13(9)6-7-14-8-11-3-2-10(14)15/h2-5,8H,6-7H2,1H3. The summed E-state index contributed by atoms with van der Waals surface area (Å²) < 4.78 is 3.58. The molecule has 2 aromatic heterocycles. The molecule has 5 nitrogen and oxygen atoms in total. The highest BCUT2D eigenvalue weighted by Crippen LogP contribution is 1.95. The molecule has 2 rings (SSSR count). The zero-order chi connectivity index (χ0) is 10.7. The molecule has 0 spiro atoms.